The standard InChI is InChI=1S/C20H28O6/c1-12-4-7-17(2)18(3,23)15(21)5-8-20(17,24)19(12)10-14(26-16(19)22)13-6-9-25-11-13/h6,9,11-12,14-15,21,23-24H,4-5,7-8,10H2,1-3H3/t12-,14-,15-,17-,18+,19+,20-/m1/s1. The van der Waals surface area contributed by atoms with Gasteiger partial charge in [-0.3, -0.25) is 4.79 Å². The highest BCUT2D eigenvalue weighted by molar-refractivity contribution is 5.82. The van der Waals surface area contributed by atoms with Crippen molar-refractivity contribution in [3.05, 3.63) is 24.2 Å². The average molecular weight is 364 g/mol. The first-order valence-electron chi connectivity index (χ1n) is 9.46. The topological polar surface area (TPSA) is 100 Å². The summed E-state index contributed by atoms with van der Waals surface area (Å²) in [5, 5.41) is 33.6. The molecule has 1 spiro atoms. The summed E-state index contributed by atoms with van der Waals surface area (Å²) in [7, 11) is 0. The van der Waals surface area contributed by atoms with E-state index in [4.69, 9.17) is 9.15 Å². The molecule has 4 rings (SSSR count). The number of cyclic esters (lactones) is 1. The summed E-state index contributed by atoms with van der Waals surface area (Å²) in [4.78, 5) is 13.2. The number of hydrogen-bond donors (Lipinski definition) is 3. The number of carbonyl (C=O) groups is 1. The monoisotopic (exact) mass is 364 g/mol. The van der Waals surface area contributed by atoms with Crippen molar-refractivity contribution in [1.82, 2.24) is 0 Å². The summed E-state index contributed by atoms with van der Waals surface area (Å²) in [6.07, 6.45) is 3.79. The van der Waals surface area contributed by atoms with Gasteiger partial charge in [0.05, 0.1) is 29.8 Å². The van der Waals surface area contributed by atoms with Gasteiger partial charge in [0.2, 0.25) is 0 Å². The summed E-state index contributed by atoms with van der Waals surface area (Å²) in [5.41, 5.74) is -4.27. The van der Waals surface area contributed by atoms with E-state index >= 15 is 0 Å². The maximum Gasteiger partial charge on any atom is 0.316 e. The van der Waals surface area contributed by atoms with E-state index in [0.29, 0.717) is 19.3 Å². The molecule has 26 heavy (non-hydrogen) atoms. The molecule has 7 atom stereocenters. The van der Waals surface area contributed by atoms with Gasteiger partial charge < -0.3 is 24.5 Å². The summed E-state index contributed by atoms with van der Waals surface area (Å²) < 4.78 is 10.9. The largest absolute Gasteiger partial charge is 0.472 e. The zero-order valence-electron chi connectivity index (χ0n) is 15.6. The fourth-order valence-electron chi connectivity index (χ4n) is 6.06. The first-order valence-corrected chi connectivity index (χ1v) is 9.46. The minimum absolute atomic E-state index is 0.0870. The number of esters is 1. The van der Waals surface area contributed by atoms with Crippen LogP contribution in [0.5, 0.6) is 0 Å². The smallest absolute Gasteiger partial charge is 0.316 e. The van der Waals surface area contributed by atoms with E-state index in [0.717, 1.165) is 5.56 Å². The van der Waals surface area contributed by atoms with Crippen molar-refractivity contribution in [2.45, 2.75) is 76.3 Å². The molecule has 6 nitrogen and oxygen atoms in total. The highest BCUT2D eigenvalue weighted by atomic mass is 16.6. The molecule has 1 aromatic heterocycles. The van der Waals surface area contributed by atoms with Crippen LogP contribution in [-0.2, 0) is 9.53 Å². The molecule has 1 aromatic rings. The molecule has 2 heterocycles. The zero-order chi connectivity index (χ0) is 19.0. The molecule has 3 N–H and O–H groups in total. The molecule has 1 saturated heterocycles. The number of hydrogen-bond acceptors (Lipinski definition) is 6. The zero-order valence-corrected chi connectivity index (χ0v) is 15.6. The van der Waals surface area contributed by atoms with Gasteiger partial charge in [-0.05, 0) is 44.6 Å². The molecular weight excluding hydrogens is 336 g/mol. The molecule has 3 fully saturated rings. The van der Waals surface area contributed by atoms with Crippen molar-refractivity contribution < 1.29 is 29.3 Å². The normalized spacial score (nSPS) is 51.3. The van der Waals surface area contributed by atoms with Gasteiger partial charge in [0.1, 0.15) is 11.5 Å². The molecular formula is C20H28O6. The maximum absolute atomic E-state index is 13.2. The van der Waals surface area contributed by atoms with E-state index < -0.39 is 40.2 Å². The second-order valence-corrected chi connectivity index (χ2v) is 8.96. The molecule has 0 bridgehead atoms. The Morgan fingerprint density at radius 1 is 1.19 bits per heavy atom. The SMILES string of the molecule is C[C@@H]1CC[C@@]2(C)[C@](O)(CC[C@@H](O)[C@]2(C)O)[C@@]12C[C@H](c1ccoc1)OC2=O. The first-order chi connectivity index (χ1) is 12.1. The van der Waals surface area contributed by atoms with Crippen molar-refractivity contribution in [3.8, 4) is 0 Å². The van der Waals surface area contributed by atoms with Gasteiger partial charge in [0.25, 0.3) is 0 Å². The van der Waals surface area contributed by atoms with Crippen LogP contribution in [0.3, 0.4) is 0 Å². The van der Waals surface area contributed by atoms with E-state index in [1.54, 1.807) is 25.5 Å². The Morgan fingerprint density at radius 3 is 2.58 bits per heavy atom. The van der Waals surface area contributed by atoms with E-state index in [1.807, 2.05) is 13.8 Å². The lowest BCUT2D eigenvalue weighted by molar-refractivity contribution is -0.307. The van der Waals surface area contributed by atoms with Crippen LogP contribution >= 0.6 is 0 Å². The lowest BCUT2D eigenvalue weighted by atomic mass is 9.40. The number of aliphatic hydroxyl groups is 3. The molecule has 0 unspecified atom stereocenters. The number of aliphatic hydroxyl groups excluding tert-OH is 1. The van der Waals surface area contributed by atoms with E-state index in [9.17, 15) is 20.1 Å². The van der Waals surface area contributed by atoms with Crippen LogP contribution in [0.4, 0.5) is 0 Å². The first kappa shape index (κ1) is 18.0. The molecule has 0 amide bonds. The summed E-state index contributed by atoms with van der Waals surface area (Å²) in [6, 6.07) is 1.77. The van der Waals surface area contributed by atoms with Gasteiger partial charge in [-0.2, -0.15) is 0 Å². The van der Waals surface area contributed by atoms with Gasteiger partial charge in [0, 0.05) is 17.4 Å². The number of ether oxygens (including phenoxy) is 1. The van der Waals surface area contributed by atoms with Crippen LogP contribution in [-0.4, -0.2) is 38.6 Å². The van der Waals surface area contributed by atoms with E-state index in [1.165, 1.54) is 0 Å². The Balaban J connectivity index is 1.84. The quantitative estimate of drug-likeness (QED) is 0.661. The predicted octanol–water partition coefficient (Wildman–Crippen LogP) is 2.33. The van der Waals surface area contributed by atoms with Gasteiger partial charge in [-0.25, -0.2) is 0 Å². The summed E-state index contributed by atoms with van der Waals surface area (Å²) >= 11 is 0. The van der Waals surface area contributed by atoms with Gasteiger partial charge in [-0.15, -0.1) is 0 Å². The number of fused-ring (bicyclic) bond motifs is 2. The lowest BCUT2D eigenvalue weighted by Gasteiger charge is -2.66. The fraction of sp³-hybridized carbons (Fsp3) is 0.750. The number of rotatable bonds is 1. The van der Waals surface area contributed by atoms with Gasteiger partial charge in [-0.1, -0.05) is 13.8 Å². The highest BCUT2D eigenvalue weighted by Gasteiger charge is 2.77. The van der Waals surface area contributed by atoms with Crippen LogP contribution in [0, 0.1) is 16.7 Å². The molecule has 2 saturated carbocycles. The maximum atomic E-state index is 13.2. The Hall–Kier alpha value is -1.37. The highest BCUT2D eigenvalue weighted by Crippen LogP contribution is 2.69. The molecule has 0 aromatic carbocycles. The lowest BCUT2D eigenvalue weighted by Crippen LogP contribution is -2.76. The van der Waals surface area contributed by atoms with Crippen molar-refractivity contribution in [2.75, 3.05) is 0 Å². The fourth-order valence-corrected chi connectivity index (χ4v) is 6.06. The average Bonchev–Trinajstić information content (AvgIpc) is 3.22. The molecule has 0 radical (unpaired) electrons. The second kappa shape index (κ2) is 5.33. The molecule has 6 heteroatoms. The van der Waals surface area contributed by atoms with Crippen molar-refractivity contribution >= 4 is 5.97 Å². The van der Waals surface area contributed by atoms with E-state index in [-0.39, 0.29) is 18.8 Å². The Bertz CT molecular complexity index is 712. The van der Waals surface area contributed by atoms with Crippen LogP contribution in [0.2, 0.25) is 0 Å². The van der Waals surface area contributed by atoms with Crippen LogP contribution < -0.4 is 0 Å². The van der Waals surface area contributed by atoms with Crippen molar-refractivity contribution in [3.63, 3.8) is 0 Å². The minimum atomic E-state index is -1.48. The third kappa shape index (κ3) is 1.85. The van der Waals surface area contributed by atoms with Crippen LogP contribution in [0.25, 0.3) is 0 Å². The Labute approximate surface area is 153 Å². The third-order valence-corrected chi connectivity index (χ3v) is 8.15. The number of carbonyl (C=O) groups excluding carboxylic acids is 1. The van der Waals surface area contributed by atoms with Crippen molar-refractivity contribution in [1.29, 1.82) is 0 Å². The minimum Gasteiger partial charge on any atom is -0.472 e. The number of furan rings is 1. The van der Waals surface area contributed by atoms with Crippen LogP contribution in [0.1, 0.15) is 64.5 Å². The Kier molecular flexibility index (Phi) is 3.70. The third-order valence-electron chi connectivity index (χ3n) is 8.15. The second-order valence-electron chi connectivity index (χ2n) is 8.96. The summed E-state index contributed by atoms with van der Waals surface area (Å²) in [5.74, 6) is -0.493. The molecule has 1 aliphatic heterocycles. The van der Waals surface area contributed by atoms with Gasteiger partial charge >= 0.3 is 5.97 Å². The molecule has 3 aliphatic rings. The van der Waals surface area contributed by atoms with Crippen LogP contribution in [0.15, 0.2) is 23.0 Å². The predicted molar refractivity (Wildman–Crippen MR) is 91.9 cm³/mol. The Morgan fingerprint density at radius 2 is 1.92 bits per heavy atom. The van der Waals surface area contributed by atoms with Gasteiger partial charge in [0.15, 0.2) is 0 Å². The molecule has 2 aliphatic carbocycles. The van der Waals surface area contributed by atoms with Crippen molar-refractivity contribution in [2.24, 2.45) is 16.7 Å². The van der Waals surface area contributed by atoms with E-state index in [2.05, 4.69) is 0 Å². The molecule has 144 valence electrons. The summed E-state index contributed by atoms with van der Waals surface area (Å²) in [6.45, 7) is 5.37.